The zero-order valence-electron chi connectivity index (χ0n) is 18.9. The number of carbonyl (C=O) groups excluding carboxylic acids is 1. The Morgan fingerprint density at radius 2 is 1.67 bits per heavy atom. The molecule has 1 aromatic heterocycles. The van der Waals surface area contributed by atoms with Gasteiger partial charge in [0.05, 0.1) is 16.4 Å². The number of nitrogens with zero attached hydrogens (tertiary/aromatic N) is 2. The molecule has 0 aliphatic rings. The number of carbonyl (C=O) groups is 1. The van der Waals surface area contributed by atoms with Crippen LogP contribution in [0.15, 0.2) is 72.8 Å². The SMILES string of the molecule is Cc1c(C(=O)OCC(Cl)(Cl)Cl)nn(-c2ccc(Cl)cc2Cl)c1-c1ccc(OCc2ccccc2)cc1. The fourth-order valence-electron chi connectivity index (χ4n) is 3.52. The van der Waals surface area contributed by atoms with Crippen molar-refractivity contribution in [2.75, 3.05) is 6.61 Å². The Kier molecular flexibility index (Phi) is 8.38. The van der Waals surface area contributed by atoms with Gasteiger partial charge in [0.25, 0.3) is 0 Å². The number of alkyl halides is 3. The third kappa shape index (κ3) is 6.47. The summed E-state index contributed by atoms with van der Waals surface area (Å²) in [4.78, 5) is 12.8. The molecule has 4 aromatic rings. The van der Waals surface area contributed by atoms with Crippen LogP contribution in [0.5, 0.6) is 5.75 Å². The van der Waals surface area contributed by atoms with Crippen molar-refractivity contribution in [2.45, 2.75) is 17.3 Å². The minimum atomic E-state index is -1.75. The molecule has 0 aliphatic heterocycles. The van der Waals surface area contributed by atoms with Crippen molar-refractivity contribution in [3.8, 4) is 22.7 Å². The van der Waals surface area contributed by atoms with Crippen molar-refractivity contribution < 1.29 is 14.3 Å². The molecule has 0 spiro atoms. The first kappa shape index (κ1) is 26.6. The zero-order valence-corrected chi connectivity index (χ0v) is 22.6. The molecule has 3 aromatic carbocycles. The van der Waals surface area contributed by atoms with E-state index >= 15 is 0 Å². The molecular formula is C26H19Cl5N2O3. The fraction of sp³-hybridized carbons (Fsp3) is 0.154. The molecule has 1 heterocycles. The van der Waals surface area contributed by atoms with Gasteiger partial charge in [0.1, 0.15) is 19.0 Å². The van der Waals surface area contributed by atoms with Crippen molar-refractivity contribution in [3.63, 3.8) is 0 Å². The summed E-state index contributed by atoms with van der Waals surface area (Å²) < 4.78 is 10.9. The van der Waals surface area contributed by atoms with Crippen LogP contribution in [-0.4, -0.2) is 26.1 Å². The van der Waals surface area contributed by atoms with E-state index in [1.54, 1.807) is 29.8 Å². The standard InChI is InChI=1S/C26H19Cl5N2O3/c1-16-23(25(34)36-15-26(29,30)31)32-33(22-12-9-19(27)13-21(22)28)24(16)18-7-10-20(11-8-18)35-14-17-5-3-2-4-6-17/h2-13H,14-15H2,1H3. The maximum Gasteiger partial charge on any atom is 0.359 e. The average Bonchev–Trinajstić information content (AvgIpc) is 3.18. The molecule has 5 nitrogen and oxygen atoms in total. The van der Waals surface area contributed by atoms with E-state index in [4.69, 9.17) is 67.5 Å². The second-order valence-electron chi connectivity index (χ2n) is 7.82. The van der Waals surface area contributed by atoms with Crippen molar-refractivity contribution >= 4 is 64.0 Å². The third-order valence-electron chi connectivity index (χ3n) is 5.20. The molecule has 10 heteroatoms. The monoisotopic (exact) mass is 582 g/mol. The van der Waals surface area contributed by atoms with Crippen molar-refractivity contribution in [1.29, 1.82) is 0 Å². The van der Waals surface area contributed by atoms with E-state index in [0.29, 0.717) is 39.3 Å². The number of esters is 1. The summed E-state index contributed by atoms with van der Waals surface area (Å²) >= 11 is 29.8. The number of rotatable bonds is 7. The van der Waals surface area contributed by atoms with Crippen LogP contribution < -0.4 is 4.74 Å². The highest BCUT2D eigenvalue weighted by atomic mass is 35.6. The fourth-order valence-corrected chi connectivity index (χ4v) is 4.17. The highest BCUT2D eigenvalue weighted by Crippen LogP contribution is 2.34. The van der Waals surface area contributed by atoms with Crippen LogP contribution in [0.25, 0.3) is 16.9 Å². The van der Waals surface area contributed by atoms with Gasteiger partial charge in [-0.1, -0.05) is 88.3 Å². The van der Waals surface area contributed by atoms with Crippen LogP contribution in [0.1, 0.15) is 21.6 Å². The van der Waals surface area contributed by atoms with Crippen LogP contribution in [0.4, 0.5) is 0 Å². The van der Waals surface area contributed by atoms with Crippen molar-refractivity contribution in [1.82, 2.24) is 9.78 Å². The lowest BCUT2D eigenvalue weighted by molar-refractivity contribution is 0.0504. The largest absolute Gasteiger partial charge is 0.489 e. The minimum Gasteiger partial charge on any atom is -0.489 e. The molecule has 0 N–H and O–H groups in total. The molecule has 0 aliphatic carbocycles. The summed E-state index contributed by atoms with van der Waals surface area (Å²) in [5.74, 6) is -0.0371. The molecule has 0 saturated carbocycles. The molecule has 4 rings (SSSR count). The average molecular weight is 585 g/mol. The van der Waals surface area contributed by atoms with Crippen LogP contribution in [0, 0.1) is 6.92 Å². The molecule has 0 saturated heterocycles. The van der Waals surface area contributed by atoms with Crippen LogP contribution in [-0.2, 0) is 11.3 Å². The van der Waals surface area contributed by atoms with Gasteiger partial charge in [0.2, 0.25) is 3.79 Å². The van der Waals surface area contributed by atoms with Gasteiger partial charge in [0.15, 0.2) is 5.69 Å². The van der Waals surface area contributed by atoms with E-state index in [1.165, 1.54) is 0 Å². The van der Waals surface area contributed by atoms with Gasteiger partial charge in [-0.2, -0.15) is 5.10 Å². The number of halogens is 5. The Balaban J connectivity index is 1.70. The van der Waals surface area contributed by atoms with Gasteiger partial charge < -0.3 is 9.47 Å². The summed E-state index contributed by atoms with van der Waals surface area (Å²) in [6.45, 7) is 1.78. The van der Waals surface area contributed by atoms with Crippen LogP contribution in [0.3, 0.4) is 0 Å². The summed E-state index contributed by atoms with van der Waals surface area (Å²) in [6.07, 6.45) is 0. The predicted molar refractivity (Wildman–Crippen MR) is 145 cm³/mol. The second-order valence-corrected chi connectivity index (χ2v) is 11.2. The number of hydrogen-bond acceptors (Lipinski definition) is 4. The zero-order chi connectivity index (χ0) is 25.9. The Morgan fingerprint density at radius 1 is 0.972 bits per heavy atom. The summed E-state index contributed by atoms with van der Waals surface area (Å²) in [5, 5.41) is 5.33. The predicted octanol–water partition coefficient (Wildman–Crippen LogP) is 8.26. The van der Waals surface area contributed by atoms with Gasteiger partial charge >= 0.3 is 5.97 Å². The van der Waals surface area contributed by atoms with Crippen molar-refractivity contribution in [2.24, 2.45) is 0 Å². The first-order valence-electron chi connectivity index (χ1n) is 10.7. The first-order chi connectivity index (χ1) is 17.1. The summed E-state index contributed by atoms with van der Waals surface area (Å²) in [6, 6.07) is 22.3. The molecule has 186 valence electrons. The van der Waals surface area contributed by atoms with E-state index < -0.39 is 16.4 Å². The Morgan fingerprint density at radius 3 is 2.31 bits per heavy atom. The lowest BCUT2D eigenvalue weighted by Crippen LogP contribution is -2.18. The number of hydrogen-bond donors (Lipinski definition) is 0. The van der Waals surface area contributed by atoms with Gasteiger partial charge in [0, 0.05) is 16.1 Å². The maximum atomic E-state index is 12.8. The van der Waals surface area contributed by atoms with Gasteiger partial charge in [-0.15, -0.1) is 0 Å². The number of ether oxygens (including phenoxy) is 2. The molecular weight excluding hydrogens is 566 g/mol. The van der Waals surface area contributed by atoms with E-state index in [9.17, 15) is 4.79 Å². The number of aromatic nitrogens is 2. The van der Waals surface area contributed by atoms with Crippen molar-refractivity contribution in [3.05, 3.63) is 99.7 Å². The van der Waals surface area contributed by atoms with E-state index in [0.717, 1.165) is 11.1 Å². The van der Waals surface area contributed by atoms with E-state index in [1.807, 2.05) is 54.6 Å². The Labute approximate surface area is 233 Å². The topological polar surface area (TPSA) is 53.3 Å². The maximum absolute atomic E-state index is 12.8. The van der Waals surface area contributed by atoms with Crippen LogP contribution in [0.2, 0.25) is 10.0 Å². The lowest BCUT2D eigenvalue weighted by Gasteiger charge is -2.12. The van der Waals surface area contributed by atoms with Gasteiger partial charge in [-0.05, 0) is 55.0 Å². The molecule has 0 amide bonds. The molecule has 0 radical (unpaired) electrons. The molecule has 36 heavy (non-hydrogen) atoms. The molecule has 0 bridgehead atoms. The Bertz CT molecular complexity index is 1370. The normalized spacial score (nSPS) is 11.4. The quantitative estimate of drug-likeness (QED) is 0.162. The molecule has 0 atom stereocenters. The molecule has 0 fully saturated rings. The summed E-state index contributed by atoms with van der Waals surface area (Å²) in [5.41, 5.74) is 3.63. The third-order valence-corrected chi connectivity index (χ3v) is 6.06. The first-order valence-corrected chi connectivity index (χ1v) is 12.6. The van der Waals surface area contributed by atoms with Gasteiger partial charge in [-0.25, -0.2) is 9.48 Å². The Hall–Kier alpha value is -2.41. The summed E-state index contributed by atoms with van der Waals surface area (Å²) in [7, 11) is 0. The lowest BCUT2D eigenvalue weighted by atomic mass is 10.1. The highest BCUT2D eigenvalue weighted by Gasteiger charge is 2.27. The van der Waals surface area contributed by atoms with Crippen LogP contribution >= 0.6 is 58.0 Å². The highest BCUT2D eigenvalue weighted by molar-refractivity contribution is 6.67. The van der Waals surface area contributed by atoms with Gasteiger partial charge in [-0.3, -0.25) is 0 Å². The second kappa shape index (κ2) is 11.3. The minimum absolute atomic E-state index is 0.0645. The molecule has 0 unspecified atom stereocenters. The smallest absolute Gasteiger partial charge is 0.359 e. The van der Waals surface area contributed by atoms with E-state index in [-0.39, 0.29) is 5.69 Å². The van der Waals surface area contributed by atoms with E-state index in [2.05, 4.69) is 5.10 Å². The number of benzene rings is 3.